The van der Waals surface area contributed by atoms with E-state index in [1.54, 1.807) is 37.3 Å². The second-order valence-corrected chi connectivity index (χ2v) is 5.16. The van der Waals surface area contributed by atoms with Crippen molar-refractivity contribution < 1.29 is 9.90 Å². The maximum Gasteiger partial charge on any atom is 0.260 e. The van der Waals surface area contributed by atoms with Crippen molar-refractivity contribution in [3.8, 4) is 5.75 Å². The van der Waals surface area contributed by atoms with Gasteiger partial charge in [0.05, 0.1) is 5.56 Å². The normalized spacial score (nSPS) is 10.2. The first kappa shape index (κ1) is 14.3. The molecule has 0 saturated carbocycles. The third-order valence-electron chi connectivity index (χ3n) is 2.52. The van der Waals surface area contributed by atoms with Crippen molar-refractivity contribution in [3.63, 3.8) is 0 Å². The third kappa shape index (κ3) is 3.05. The number of carbonyl (C=O) groups is 1. The molecule has 7 heteroatoms. The number of aromatic nitrogens is 2. The van der Waals surface area contributed by atoms with E-state index in [2.05, 4.69) is 31.2 Å². The van der Waals surface area contributed by atoms with Crippen LogP contribution in [-0.4, -0.2) is 35.1 Å². The quantitative estimate of drug-likeness (QED) is 0.898. The van der Waals surface area contributed by atoms with Crippen LogP contribution in [0.4, 0.5) is 11.6 Å². The minimum atomic E-state index is -0.392. The molecule has 0 fully saturated rings. The molecule has 0 saturated heterocycles. The molecule has 0 radical (unpaired) electrons. The summed E-state index contributed by atoms with van der Waals surface area (Å²) >= 11 is 3.29. The average Bonchev–Trinajstić information content (AvgIpc) is 2.40. The van der Waals surface area contributed by atoms with Gasteiger partial charge >= 0.3 is 0 Å². The van der Waals surface area contributed by atoms with E-state index in [0.717, 1.165) is 0 Å². The Morgan fingerprint density at radius 2 is 2.15 bits per heavy atom. The molecule has 6 nitrogen and oxygen atoms in total. The molecule has 0 spiro atoms. The first-order valence-corrected chi connectivity index (χ1v) is 6.56. The van der Waals surface area contributed by atoms with Crippen LogP contribution in [0, 0.1) is 0 Å². The lowest BCUT2D eigenvalue weighted by molar-refractivity contribution is 0.102. The molecule has 2 heterocycles. The number of pyridine rings is 2. The lowest BCUT2D eigenvalue weighted by Gasteiger charge is -2.16. The molecular weight excluding hydrogens is 324 g/mol. The lowest BCUT2D eigenvalue weighted by Crippen LogP contribution is -2.20. The van der Waals surface area contributed by atoms with Crippen LogP contribution in [0.1, 0.15) is 10.4 Å². The van der Waals surface area contributed by atoms with Crippen molar-refractivity contribution in [3.05, 3.63) is 40.6 Å². The first-order valence-electron chi connectivity index (χ1n) is 5.77. The average molecular weight is 337 g/mol. The zero-order valence-electron chi connectivity index (χ0n) is 11.0. The van der Waals surface area contributed by atoms with E-state index in [1.807, 2.05) is 0 Å². The number of nitrogens with zero attached hydrogens (tertiary/aromatic N) is 3. The van der Waals surface area contributed by atoms with Gasteiger partial charge in [-0.25, -0.2) is 9.97 Å². The number of rotatable bonds is 3. The molecule has 0 bridgehead atoms. The SMILES string of the molecule is CN(C)c1ncc(Br)cc1C(=O)Nc1ncccc1O. The van der Waals surface area contributed by atoms with Gasteiger partial charge in [-0.3, -0.25) is 4.79 Å². The van der Waals surface area contributed by atoms with Gasteiger partial charge in [0.1, 0.15) is 5.82 Å². The first-order chi connectivity index (χ1) is 9.49. The number of aromatic hydroxyl groups is 1. The number of hydrogen-bond acceptors (Lipinski definition) is 5. The minimum absolute atomic E-state index is 0.0878. The highest BCUT2D eigenvalue weighted by Crippen LogP contribution is 2.23. The summed E-state index contributed by atoms with van der Waals surface area (Å²) in [4.78, 5) is 22.1. The summed E-state index contributed by atoms with van der Waals surface area (Å²) in [5, 5.41) is 12.2. The van der Waals surface area contributed by atoms with E-state index in [1.165, 1.54) is 12.3 Å². The molecule has 2 aromatic heterocycles. The molecule has 104 valence electrons. The highest BCUT2D eigenvalue weighted by molar-refractivity contribution is 9.10. The molecule has 1 amide bonds. The zero-order valence-corrected chi connectivity index (χ0v) is 12.5. The molecule has 2 aromatic rings. The Bertz CT molecular complexity index is 646. The van der Waals surface area contributed by atoms with Crippen LogP contribution in [0.3, 0.4) is 0 Å². The number of hydrogen-bond donors (Lipinski definition) is 2. The highest BCUT2D eigenvalue weighted by atomic mass is 79.9. The lowest BCUT2D eigenvalue weighted by atomic mass is 10.2. The fourth-order valence-electron chi connectivity index (χ4n) is 1.62. The van der Waals surface area contributed by atoms with Gasteiger partial charge < -0.3 is 15.3 Å². The van der Waals surface area contributed by atoms with Crippen LogP contribution in [0.15, 0.2) is 35.1 Å². The third-order valence-corrected chi connectivity index (χ3v) is 2.95. The van der Waals surface area contributed by atoms with Crippen LogP contribution >= 0.6 is 15.9 Å². The topological polar surface area (TPSA) is 78.4 Å². The summed E-state index contributed by atoms with van der Waals surface area (Å²) in [5.41, 5.74) is 0.384. The van der Waals surface area contributed by atoms with Crippen molar-refractivity contribution >= 4 is 33.5 Å². The van der Waals surface area contributed by atoms with Gasteiger partial charge in [-0.15, -0.1) is 0 Å². The summed E-state index contributed by atoms with van der Waals surface area (Å²) in [5.74, 6) is 0.162. The summed E-state index contributed by atoms with van der Waals surface area (Å²) < 4.78 is 0.693. The van der Waals surface area contributed by atoms with E-state index in [4.69, 9.17) is 0 Å². The van der Waals surface area contributed by atoms with Crippen LogP contribution in [-0.2, 0) is 0 Å². The Morgan fingerprint density at radius 1 is 1.40 bits per heavy atom. The van der Waals surface area contributed by atoms with Crippen LogP contribution in [0.5, 0.6) is 5.75 Å². The number of carbonyl (C=O) groups excluding carboxylic acids is 1. The maximum atomic E-state index is 12.3. The maximum absolute atomic E-state index is 12.3. The predicted octanol–water partition coefficient (Wildman–Crippen LogP) is 2.26. The van der Waals surface area contributed by atoms with Crippen LogP contribution < -0.4 is 10.2 Å². The van der Waals surface area contributed by atoms with Gasteiger partial charge in [-0.1, -0.05) is 0 Å². The molecule has 2 rings (SSSR count). The predicted molar refractivity (Wildman–Crippen MR) is 80.1 cm³/mol. The fraction of sp³-hybridized carbons (Fsp3) is 0.154. The van der Waals surface area contributed by atoms with Gasteiger partial charge in [0.25, 0.3) is 5.91 Å². The van der Waals surface area contributed by atoms with E-state index >= 15 is 0 Å². The Morgan fingerprint density at radius 3 is 2.80 bits per heavy atom. The summed E-state index contributed by atoms with van der Waals surface area (Å²) in [6.07, 6.45) is 3.10. The Hall–Kier alpha value is -2.15. The Balaban J connectivity index is 2.34. The second kappa shape index (κ2) is 5.87. The molecule has 0 aromatic carbocycles. The van der Waals surface area contributed by atoms with Crippen molar-refractivity contribution in [2.45, 2.75) is 0 Å². The summed E-state index contributed by atoms with van der Waals surface area (Å²) in [7, 11) is 3.59. The Kier molecular flexibility index (Phi) is 4.19. The van der Waals surface area contributed by atoms with Crippen molar-refractivity contribution in [1.82, 2.24) is 9.97 Å². The van der Waals surface area contributed by atoms with Crippen molar-refractivity contribution in [2.24, 2.45) is 0 Å². The number of nitrogens with one attached hydrogen (secondary N) is 1. The van der Waals surface area contributed by atoms with Crippen LogP contribution in [0.2, 0.25) is 0 Å². The second-order valence-electron chi connectivity index (χ2n) is 4.24. The van der Waals surface area contributed by atoms with Gasteiger partial charge in [0.2, 0.25) is 0 Å². The summed E-state index contributed by atoms with van der Waals surface area (Å²) in [6, 6.07) is 4.70. The smallest absolute Gasteiger partial charge is 0.260 e. The summed E-state index contributed by atoms with van der Waals surface area (Å²) in [6.45, 7) is 0. The monoisotopic (exact) mass is 336 g/mol. The standard InChI is InChI=1S/C13H13BrN4O2/c1-18(2)12-9(6-8(14)7-16-12)13(20)17-11-10(19)4-3-5-15-11/h3-7,19H,1-2H3,(H,15,17,20). The molecule has 0 aliphatic rings. The van der Waals surface area contributed by atoms with Gasteiger partial charge in [-0.2, -0.15) is 0 Å². The van der Waals surface area contributed by atoms with Crippen molar-refractivity contribution in [2.75, 3.05) is 24.3 Å². The van der Waals surface area contributed by atoms with E-state index < -0.39 is 5.91 Å². The number of anilines is 2. The van der Waals surface area contributed by atoms with Gasteiger partial charge in [-0.05, 0) is 34.1 Å². The van der Waals surface area contributed by atoms with Gasteiger partial charge in [0.15, 0.2) is 11.6 Å². The minimum Gasteiger partial charge on any atom is -0.504 e. The molecule has 0 aliphatic carbocycles. The largest absolute Gasteiger partial charge is 0.504 e. The Labute approximate surface area is 124 Å². The molecule has 0 unspecified atom stereocenters. The van der Waals surface area contributed by atoms with Crippen molar-refractivity contribution in [1.29, 1.82) is 0 Å². The molecule has 0 aliphatic heterocycles. The fourth-order valence-corrected chi connectivity index (χ4v) is 1.95. The van der Waals surface area contributed by atoms with Crippen LogP contribution in [0.25, 0.3) is 0 Å². The number of halogens is 1. The molecule has 0 atom stereocenters. The highest BCUT2D eigenvalue weighted by Gasteiger charge is 2.16. The van der Waals surface area contributed by atoms with E-state index in [9.17, 15) is 9.90 Å². The molecule has 2 N–H and O–H groups in total. The molecular formula is C13H13BrN4O2. The zero-order chi connectivity index (χ0) is 14.7. The van der Waals surface area contributed by atoms with E-state index in [0.29, 0.717) is 15.9 Å². The molecule has 20 heavy (non-hydrogen) atoms. The van der Waals surface area contributed by atoms with Gasteiger partial charge in [0, 0.05) is 31.0 Å². The number of amides is 1. The van der Waals surface area contributed by atoms with E-state index in [-0.39, 0.29) is 11.6 Å².